The van der Waals surface area contributed by atoms with Gasteiger partial charge in [-0.05, 0) is 25.3 Å². The predicted octanol–water partition coefficient (Wildman–Crippen LogP) is 6.41. The molecule has 1 aromatic rings. The van der Waals surface area contributed by atoms with Crippen LogP contribution in [0.5, 0.6) is 0 Å². The molecule has 2 atom stereocenters. The van der Waals surface area contributed by atoms with Crippen molar-refractivity contribution in [3.05, 3.63) is 66.3 Å². The summed E-state index contributed by atoms with van der Waals surface area (Å²) in [5, 5.41) is 0. The first-order valence-electron chi connectivity index (χ1n) is 8.67. The summed E-state index contributed by atoms with van der Waals surface area (Å²) < 4.78 is 0. The van der Waals surface area contributed by atoms with Gasteiger partial charge in [-0.1, -0.05) is 101 Å². The third-order valence-electron chi connectivity index (χ3n) is 3.01. The molecule has 0 heterocycles. The molecule has 0 spiro atoms. The molecule has 134 valence electrons. The molecule has 0 radical (unpaired) electrons. The summed E-state index contributed by atoms with van der Waals surface area (Å²) in [5.74, 6) is 0.514. The SMILES string of the molecule is C#C.C=C(C)c1ccc(C)cc1.CC.CC.CC1C=CC=CC1N. The molecule has 0 amide bonds. The first-order valence-corrected chi connectivity index (χ1v) is 8.67. The van der Waals surface area contributed by atoms with E-state index in [1.54, 1.807) is 0 Å². The van der Waals surface area contributed by atoms with Crippen molar-refractivity contribution in [1.29, 1.82) is 0 Å². The summed E-state index contributed by atoms with van der Waals surface area (Å²) in [6.07, 6.45) is 16.2. The fraction of sp³-hybridized carbons (Fsp3) is 0.391. The van der Waals surface area contributed by atoms with Gasteiger partial charge < -0.3 is 5.73 Å². The van der Waals surface area contributed by atoms with Gasteiger partial charge in [-0.2, -0.15) is 0 Å². The number of allylic oxidation sites excluding steroid dienone is 3. The normalized spacial score (nSPS) is 16.4. The van der Waals surface area contributed by atoms with Gasteiger partial charge in [-0.25, -0.2) is 0 Å². The molecule has 1 heteroatoms. The summed E-state index contributed by atoms with van der Waals surface area (Å²) in [7, 11) is 0. The van der Waals surface area contributed by atoms with E-state index in [1.165, 1.54) is 11.1 Å². The zero-order valence-corrected chi connectivity index (χ0v) is 16.7. The van der Waals surface area contributed by atoms with Crippen LogP contribution in [0.2, 0.25) is 0 Å². The number of rotatable bonds is 1. The molecular formula is C23H37N. The Hall–Kier alpha value is -2.04. The maximum Gasteiger partial charge on any atom is 0.0288 e. The van der Waals surface area contributed by atoms with Crippen molar-refractivity contribution in [3.63, 3.8) is 0 Å². The van der Waals surface area contributed by atoms with Crippen molar-refractivity contribution in [2.24, 2.45) is 11.7 Å². The Balaban J connectivity index is -0.000000284. The van der Waals surface area contributed by atoms with E-state index in [4.69, 9.17) is 5.73 Å². The van der Waals surface area contributed by atoms with Crippen molar-refractivity contribution in [2.45, 2.75) is 54.5 Å². The van der Waals surface area contributed by atoms with Crippen LogP contribution in [0.25, 0.3) is 5.57 Å². The lowest BCUT2D eigenvalue weighted by Gasteiger charge is -2.13. The van der Waals surface area contributed by atoms with Gasteiger partial charge in [-0.15, -0.1) is 12.8 Å². The van der Waals surface area contributed by atoms with E-state index < -0.39 is 0 Å². The number of benzene rings is 1. The molecule has 0 aromatic heterocycles. The third kappa shape index (κ3) is 13.6. The Bertz CT molecular complexity index is 459. The van der Waals surface area contributed by atoms with Crippen LogP contribution in [0, 0.1) is 25.7 Å². The molecule has 1 nitrogen and oxygen atoms in total. The maximum atomic E-state index is 5.64. The predicted molar refractivity (Wildman–Crippen MR) is 114 cm³/mol. The molecular weight excluding hydrogens is 290 g/mol. The van der Waals surface area contributed by atoms with Crippen molar-refractivity contribution >= 4 is 5.57 Å². The Morgan fingerprint density at radius 1 is 0.958 bits per heavy atom. The minimum Gasteiger partial charge on any atom is -0.324 e. The second kappa shape index (κ2) is 19.0. The van der Waals surface area contributed by atoms with Crippen LogP contribution < -0.4 is 5.73 Å². The topological polar surface area (TPSA) is 26.0 Å². The summed E-state index contributed by atoms with van der Waals surface area (Å²) >= 11 is 0. The number of hydrogen-bond donors (Lipinski definition) is 1. The summed E-state index contributed by atoms with van der Waals surface area (Å²) in [6, 6.07) is 8.63. The van der Waals surface area contributed by atoms with Gasteiger partial charge in [0.1, 0.15) is 0 Å². The van der Waals surface area contributed by atoms with Crippen LogP contribution in [0.1, 0.15) is 52.7 Å². The van der Waals surface area contributed by atoms with Crippen molar-refractivity contribution in [2.75, 3.05) is 0 Å². The van der Waals surface area contributed by atoms with Crippen LogP contribution in [-0.4, -0.2) is 6.04 Å². The monoisotopic (exact) mass is 327 g/mol. The van der Waals surface area contributed by atoms with E-state index in [1.807, 2.05) is 52.8 Å². The first kappa shape index (κ1) is 26.8. The molecule has 2 unspecified atom stereocenters. The maximum absolute atomic E-state index is 5.64. The van der Waals surface area contributed by atoms with Gasteiger partial charge in [0.05, 0.1) is 0 Å². The molecule has 24 heavy (non-hydrogen) atoms. The highest BCUT2D eigenvalue weighted by molar-refractivity contribution is 5.61. The van der Waals surface area contributed by atoms with Crippen LogP contribution in [0.3, 0.4) is 0 Å². The fourth-order valence-corrected chi connectivity index (χ4v) is 1.57. The lowest BCUT2D eigenvalue weighted by atomic mass is 9.98. The lowest BCUT2D eigenvalue weighted by Crippen LogP contribution is -2.25. The minimum atomic E-state index is 0.236. The largest absolute Gasteiger partial charge is 0.324 e. The molecule has 0 fully saturated rings. The molecule has 0 saturated carbocycles. The van der Waals surface area contributed by atoms with Gasteiger partial charge in [-0.3, -0.25) is 0 Å². The van der Waals surface area contributed by atoms with Gasteiger partial charge in [0.15, 0.2) is 0 Å². The Labute approximate surface area is 151 Å². The molecule has 1 aromatic carbocycles. The number of hydrogen-bond acceptors (Lipinski definition) is 1. The van der Waals surface area contributed by atoms with Gasteiger partial charge in [0.2, 0.25) is 0 Å². The number of terminal acetylenes is 1. The highest BCUT2D eigenvalue weighted by Gasteiger charge is 2.06. The molecule has 1 aliphatic rings. The Morgan fingerprint density at radius 2 is 1.38 bits per heavy atom. The average Bonchev–Trinajstić information content (AvgIpc) is 2.64. The van der Waals surface area contributed by atoms with Crippen molar-refractivity contribution < 1.29 is 0 Å². The highest BCUT2D eigenvalue weighted by Crippen LogP contribution is 2.11. The number of aryl methyl sites for hydroxylation is 1. The summed E-state index contributed by atoms with van der Waals surface area (Å²) in [5.41, 5.74) is 9.29. The second-order valence-electron chi connectivity index (χ2n) is 4.85. The van der Waals surface area contributed by atoms with Gasteiger partial charge in [0.25, 0.3) is 0 Å². The van der Waals surface area contributed by atoms with Gasteiger partial charge >= 0.3 is 0 Å². The zero-order chi connectivity index (χ0) is 19.5. The van der Waals surface area contributed by atoms with E-state index in [0.29, 0.717) is 5.92 Å². The van der Waals surface area contributed by atoms with Crippen molar-refractivity contribution in [3.8, 4) is 12.8 Å². The Morgan fingerprint density at radius 3 is 1.67 bits per heavy atom. The summed E-state index contributed by atoms with van der Waals surface area (Å²) in [6.45, 7) is 18.1. The average molecular weight is 328 g/mol. The molecule has 0 aliphatic heterocycles. The molecule has 2 N–H and O–H groups in total. The molecule has 0 bridgehead atoms. The second-order valence-corrected chi connectivity index (χ2v) is 4.85. The molecule has 0 saturated heterocycles. The van der Waals surface area contributed by atoms with E-state index in [2.05, 4.69) is 63.6 Å². The van der Waals surface area contributed by atoms with Gasteiger partial charge in [0, 0.05) is 6.04 Å². The number of nitrogens with two attached hydrogens (primary N) is 1. The third-order valence-corrected chi connectivity index (χ3v) is 3.01. The van der Waals surface area contributed by atoms with Crippen LogP contribution in [0.4, 0.5) is 0 Å². The first-order chi connectivity index (χ1) is 11.5. The van der Waals surface area contributed by atoms with Crippen molar-refractivity contribution in [1.82, 2.24) is 0 Å². The quantitative estimate of drug-likeness (QED) is 0.593. The minimum absolute atomic E-state index is 0.236. The Kier molecular flexibility index (Phi) is 21.3. The van der Waals surface area contributed by atoms with E-state index in [0.717, 1.165) is 5.57 Å². The van der Waals surface area contributed by atoms with E-state index in [9.17, 15) is 0 Å². The van der Waals surface area contributed by atoms with E-state index >= 15 is 0 Å². The van der Waals surface area contributed by atoms with Crippen LogP contribution in [-0.2, 0) is 0 Å². The smallest absolute Gasteiger partial charge is 0.0288 e. The van der Waals surface area contributed by atoms with Crippen LogP contribution in [0.15, 0.2) is 55.1 Å². The van der Waals surface area contributed by atoms with Crippen LogP contribution >= 0.6 is 0 Å². The zero-order valence-electron chi connectivity index (χ0n) is 16.7. The highest BCUT2D eigenvalue weighted by atomic mass is 14.6. The standard InChI is InChI=1S/C10H12.C7H11N.2C2H6.C2H2/c1-8(2)10-6-4-9(3)5-7-10;1-6-4-2-3-5-7(6)8;3*1-2/h4-7H,1H2,2-3H3;2-7H,8H2,1H3;2*1-2H3;1-2H. The molecule has 2 rings (SSSR count). The lowest BCUT2D eigenvalue weighted by molar-refractivity contribution is 0.625. The summed E-state index contributed by atoms with van der Waals surface area (Å²) in [4.78, 5) is 0. The molecule has 1 aliphatic carbocycles. The fourth-order valence-electron chi connectivity index (χ4n) is 1.57. The van der Waals surface area contributed by atoms with E-state index in [-0.39, 0.29) is 6.04 Å².